The maximum absolute atomic E-state index is 5.48. The second-order valence-electron chi connectivity index (χ2n) is 4.59. The molecule has 1 atom stereocenters. The van der Waals surface area contributed by atoms with Crippen molar-refractivity contribution < 1.29 is 14.2 Å². The lowest BCUT2D eigenvalue weighted by Gasteiger charge is -2.16. The van der Waals surface area contributed by atoms with Gasteiger partial charge in [0, 0.05) is 11.6 Å². The van der Waals surface area contributed by atoms with Crippen molar-refractivity contribution in [3.63, 3.8) is 0 Å². The molecule has 4 nitrogen and oxygen atoms in total. The van der Waals surface area contributed by atoms with Crippen LogP contribution in [-0.4, -0.2) is 33.9 Å². The molecule has 1 N–H and O–H groups in total. The Labute approximate surface area is 121 Å². The van der Waals surface area contributed by atoms with Crippen LogP contribution in [0, 0.1) is 0 Å². The summed E-state index contributed by atoms with van der Waals surface area (Å²) >= 11 is 0. The SMILES string of the molecule is CCNC(C)/C(C)=C/c1ccc(OC)c(OC)c1OC. The number of methoxy groups -OCH3 is 3. The smallest absolute Gasteiger partial charge is 0.203 e. The van der Waals surface area contributed by atoms with Crippen LogP contribution in [0.4, 0.5) is 0 Å². The van der Waals surface area contributed by atoms with Crippen molar-refractivity contribution in [2.45, 2.75) is 26.8 Å². The van der Waals surface area contributed by atoms with E-state index in [-0.39, 0.29) is 0 Å². The number of hydrogen-bond acceptors (Lipinski definition) is 4. The Bertz CT molecular complexity index is 469. The number of ether oxygens (including phenoxy) is 3. The van der Waals surface area contributed by atoms with Crippen molar-refractivity contribution in [1.82, 2.24) is 5.32 Å². The zero-order valence-corrected chi connectivity index (χ0v) is 13.2. The number of benzene rings is 1. The summed E-state index contributed by atoms with van der Waals surface area (Å²) in [6.45, 7) is 7.28. The average molecular weight is 279 g/mol. The largest absolute Gasteiger partial charge is 0.493 e. The summed E-state index contributed by atoms with van der Waals surface area (Å²) in [5.74, 6) is 1.97. The van der Waals surface area contributed by atoms with Crippen molar-refractivity contribution in [1.29, 1.82) is 0 Å². The Morgan fingerprint density at radius 2 is 1.80 bits per heavy atom. The molecule has 1 rings (SSSR count). The van der Waals surface area contributed by atoms with E-state index in [1.54, 1.807) is 21.3 Å². The topological polar surface area (TPSA) is 39.7 Å². The molecule has 0 saturated heterocycles. The minimum atomic E-state index is 0.317. The van der Waals surface area contributed by atoms with Crippen LogP contribution in [0.25, 0.3) is 6.08 Å². The summed E-state index contributed by atoms with van der Waals surface area (Å²) in [7, 11) is 4.87. The first-order valence-electron chi connectivity index (χ1n) is 6.79. The molecule has 0 aromatic heterocycles. The van der Waals surface area contributed by atoms with Gasteiger partial charge in [-0.15, -0.1) is 0 Å². The lowest BCUT2D eigenvalue weighted by Crippen LogP contribution is -2.26. The molecular weight excluding hydrogens is 254 g/mol. The van der Waals surface area contributed by atoms with Gasteiger partial charge >= 0.3 is 0 Å². The molecule has 0 amide bonds. The molecule has 0 bridgehead atoms. The Kier molecular flexibility index (Phi) is 6.39. The van der Waals surface area contributed by atoms with Gasteiger partial charge in [-0.25, -0.2) is 0 Å². The summed E-state index contributed by atoms with van der Waals surface area (Å²) in [6, 6.07) is 4.18. The van der Waals surface area contributed by atoms with Gasteiger partial charge < -0.3 is 19.5 Å². The van der Waals surface area contributed by atoms with Crippen LogP contribution < -0.4 is 19.5 Å². The highest BCUT2D eigenvalue weighted by atomic mass is 16.5. The van der Waals surface area contributed by atoms with Gasteiger partial charge in [-0.05, 0) is 32.5 Å². The van der Waals surface area contributed by atoms with Gasteiger partial charge in [0.25, 0.3) is 0 Å². The third-order valence-electron chi connectivity index (χ3n) is 3.31. The van der Waals surface area contributed by atoms with E-state index in [2.05, 4.69) is 32.2 Å². The van der Waals surface area contributed by atoms with Crippen LogP contribution in [0.15, 0.2) is 17.7 Å². The summed E-state index contributed by atoms with van der Waals surface area (Å²) in [5, 5.41) is 3.39. The van der Waals surface area contributed by atoms with Crippen LogP contribution in [-0.2, 0) is 0 Å². The summed E-state index contributed by atoms with van der Waals surface area (Å²) < 4.78 is 16.2. The first kappa shape index (κ1) is 16.4. The zero-order chi connectivity index (χ0) is 15.1. The first-order chi connectivity index (χ1) is 9.58. The second-order valence-corrected chi connectivity index (χ2v) is 4.59. The van der Waals surface area contributed by atoms with Gasteiger partial charge in [0.1, 0.15) is 0 Å². The predicted molar refractivity (Wildman–Crippen MR) is 82.9 cm³/mol. The number of nitrogens with one attached hydrogen (secondary N) is 1. The van der Waals surface area contributed by atoms with Gasteiger partial charge in [0.05, 0.1) is 21.3 Å². The molecule has 1 aromatic rings. The standard InChI is InChI=1S/C16H25NO3/c1-7-17-12(3)11(2)10-13-8-9-14(18-4)16(20-6)15(13)19-5/h8-10,12,17H,7H2,1-6H3/b11-10+. The monoisotopic (exact) mass is 279 g/mol. The van der Waals surface area contributed by atoms with Crippen molar-refractivity contribution >= 4 is 6.08 Å². The summed E-state index contributed by atoms with van der Waals surface area (Å²) in [5.41, 5.74) is 2.21. The first-order valence-corrected chi connectivity index (χ1v) is 6.79. The Hall–Kier alpha value is -1.68. The van der Waals surface area contributed by atoms with Crippen LogP contribution in [0.1, 0.15) is 26.3 Å². The van der Waals surface area contributed by atoms with Gasteiger partial charge in [-0.1, -0.05) is 18.6 Å². The normalized spacial score (nSPS) is 13.0. The van der Waals surface area contributed by atoms with Gasteiger partial charge in [-0.2, -0.15) is 0 Å². The highest BCUT2D eigenvalue weighted by Gasteiger charge is 2.15. The predicted octanol–water partition coefficient (Wildman–Crippen LogP) is 3.11. The highest BCUT2D eigenvalue weighted by molar-refractivity contribution is 5.68. The Morgan fingerprint density at radius 1 is 1.15 bits per heavy atom. The molecule has 0 aliphatic heterocycles. The molecule has 0 saturated carbocycles. The van der Waals surface area contributed by atoms with Crippen molar-refractivity contribution in [2.24, 2.45) is 0 Å². The fraction of sp³-hybridized carbons (Fsp3) is 0.500. The summed E-state index contributed by atoms with van der Waals surface area (Å²) in [4.78, 5) is 0. The van der Waals surface area contributed by atoms with Crippen LogP contribution in [0.2, 0.25) is 0 Å². The van der Waals surface area contributed by atoms with E-state index in [0.29, 0.717) is 23.3 Å². The Morgan fingerprint density at radius 3 is 2.30 bits per heavy atom. The van der Waals surface area contributed by atoms with Gasteiger partial charge in [0.15, 0.2) is 11.5 Å². The Balaban J connectivity index is 3.22. The van der Waals surface area contributed by atoms with E-state index in [0.717, 1.165) is 12.1 Å². The zero-order valence-electron chi connectivity index (χ0n) is 13.2. The molecule has 20 heavy (non-hydrogen) atoms. The van der Waals surface area contributed by atoms with E-state index in [4.69, 9.17) is 14.2 Å². The fourth-order valence-corrected chi connectivity index (χ4v) is 2.08. The molecule has 1 unspecified atom stereocenters. The molecule has 0 radical (unpaired) electrons. The molecule has 0 fully saturated rings. The molecule has 4 heteroatoms. The molecule has 0 spiro atoms. The third kappa shape index (κ3) is 3.67. The minimum Gasteiger partial charge on any atom is -0.493 e. The van der Waals surface area contributed by atoms with Crippen molar-refractivity contribution in [2.75, 3.05) is 27.9 Å². The number of rotatable bonds is 7. The van der Waals surface area contributed by atoms with E-state index in [1.165, 1.54) is 5.57 Å². The van der Waals surface area contributed by atoms with E-state index in [1.807, 2.05) is 12.1 Å². The highest BCUT2D eigenvalue weighted by Crippen LogP contribution is 2.40. The van der Waals surface area contributed by atoms with Crippen LogP contribution >= 0.6 is 0 Å². The summed E-state index contributed by atoms with van der Waals surface area (Å²) in [6.07, 6.45) is 2.11. The second kappa shape index (κ2) is 7.80. The van der Waals surface area contributed by atoms with E-state index >= 15 is 0 Å². The lowest BCUT2D eigenvalue weighted by molar-refractivity contribution is 0.324. The molecule has 0 aliphatic carbocycles. The van der Waals surface area contributed by atoms with E-state index in [9.17, 15) is 0 Å². The minimum absolute atomic E-state index is 0.317. The van der Waals surface area contributed by atoms with Gasteiger partial charge in [-0.3, -0.25) is 0 Å². The maximum atomic E-state index is 5.48. The van der Waals surface area contributed by atoms with Crippen molar-refractivity contribution in [3.05, 3.63) is 23.3 Å². The third-order valence-corrected chi connectivity index (χ3v) is 3.31. The lowest BCUT2D eigenvalue weighted by atomic mass is 10.0. The molecular formula is C16H25NO3. The average Bonchev–Trinajstić information content (AvgIpc) is 2.46. The molecule has 1 aromatic carbocycles. The van der Waals surface area contributed by atoms with Crippen LogP contribution in [0.5, 0.6) is 17.2 Å². The quantitative estimate of drug-likeness (QED) is 0.832. The fourth-order valence-electron chi connectivity index (χ4n) is 2.08. The van der Waals surface area contributed by atoms with Crippen LogP contribution in [0.3, 0.4) is 0 Å². The maximum Gasteiger partial charge on any atom is 0.203 e. The number of likely N-dealkylation sites (N-methyl/N-ethyl adjacent to an activating group) is 1. The molecule has 0 aliphatic rings. The van der Waals surface area contributed by atoms with Gasteiger partial charge in [0.2, 0.25) is 5.75 Å². The van der Waals surface area contributed by atoms with E-state index < -0.39 is 0 Å². The van der Waals surface area contributed by atoms with Crippen molar-refractivity contribution in [3.8, 4) is 17.2 Å². The molecule has 0 heterocycles. The molecule has 112 valence electrons. The number of hydrogen-bond donors (Lipinski definition) is 1.